The Morgan fingerprint density at radius 2 is 2.00 bits per heavy atom. The molecule has 2 heterocycles. The standard InChI is InChI=1S/C17H15F2NO4/c1-10-7-12(8-15(21)23-10)24-11-5-6-20(9-11)17(22)16-13(18)3-2-4-14(16)19/h2-4,7-8,11H,5-6,9H2,1H3. The SMILES string of the molecule is Cc1cc(OC2CCN(C(=O)c3c(F)cccc3F)C2)cc(=O)o1. The highest BCUT2D eigenvalue weighted by Gasteiger charge is 2.31. The largest absolute Gasteiger partial charge is 0.488 e. The zero-order valence-corrected chi connectivity index (χ0v) is 12.9. The number of likely N-dealkylation sites (tertiary alicyclic amines) is 1. The van der Waals surface area contributed by atoms with Crippen molar-refractivity contribution < 1.29 is 22.7 Å². The summed E-state index contributed by atoms with van der Waals surface area (Å²) >= 11 is 0. The van der Waals surface area contributed by atoms with Crippen LogP contribution < -0.4 is 10.4 Å². The Kier molecular flexibility index (Phi) is 4.33. The van der Waals surface area contributed by atoms with Gasteiger partial charge in [-0.15, -0.1) is 0 Å². The van der Waals surface area contributed by atoms with E-state index in [2.05, 4.69) is 0 Å². The first-order valence-corrected chi connectivity index (χ1v) is 7.46. The average molecular weight is 335 g/mol. The number of hydrogen-bond acceptors (Lipinski definition) is 4. The normalized spacial score (nSPS) is 17.1. The molecule has 2 aromatic rings. The summed E-state index contributed by atoms with van der Waals surface area (Å²) in [4.78, 5) is 25.0. The summed E-state index contributed by atoms with van der Waals surface area (Å²) in [6.45, 7) is 2.13. The van der Waals surface area contributed by atoms with Crippen LogP contribution in [0.1, 0.15) is 22.5 Å². The molecule has 1 atom stereocenters. The molecule has 1 amide bonds. The van der Waals surface area contributed by atoms with Crippen LogP contribution in [0.4, 0.5) is 8.78 Å². The second kappa shape index (κ2) is 6.43. The summed E-state index contributed by atoms with van der Waals surface area (Å²) in [5, 5.41) is 0. The molecule has 1 fully saturated rings. The van der Waals surface area contributed by atoms with Crippen molar-refractivity contribution in [2.45, 2.75) is 19.4 Å². The third-order valence-corrected chi connectivity index (χ3v) is 3.78. The van der Waals surface area contributed by atoms with E-state index in [1.54, 1.807) is 13.0 Å². The Hall–Kier alpha value is -2.70. The van der Waals surface area contributed by atoms with Gasteiger partial charge in [0.1, 0.15) is 34.8 Å². The van der Waals surface area contributed by atoms with Gasteiger partial charge in [0, 0.05) is 19.0 Å². The smallest absolute Gasteiger partial charge is 0.339 e. The van der Waals surface area contributed by atoms with E-state index in [0.717, 1.165) is 12.1 Å². The highest BCUT2D eigenvalue weighted by Crippen LogP contribution is 2.22. The van der Waals surface area contributed by atoms with Crippen molar-refractivity contribution in [3.05, 3.63) is 63.7 Å². The van der Waals surface area contributed by atoms with Crippen molar-refractivity contribution in [1.29, 1.82) is 0 Å². The van der Waals surface area contributed by atoms with Gasteiger partial charge in [-0.05, 0) is 19.1 Å². The van der Waals surface area contributed by atoms with E-state index in [9.17, 15) is 18.4 Å². The Morgan fingerprint density at radius 1 is 1.29 bits per heavy atom. The lowest BCUT2D eigenvalue weighted by molar-refractivity contribution is 0.0762. The van der Waals surface area contributed by atoms with E-state index in [4.69, 9.17) is 9.15 Å². The molecule has 3 rings (SSSR count). The number of aryl methyl sites for hydroxylation is 1. The highest BCUT2D eigenvalue weighted by molar-refractivity contribution is 5.95. The maximum absolute atomic E-state index is 13.7. The molecule has 5 nitrogen and oxygen atoms in total. The van der Waals surface area contributed by atoms with Crippen LogP contribution in [0.2, 0.25) is 0 Å². The summed E-state index contributed by atoms with van der Waals surface area (Å²) in [6, 6.07) is 6.09. The van der Waals surface area contributed by atoms with Crippen molar-refractivity contribution in [3.8, 4) is 5.75 Å². The minimum atomic E-state index is -0.888. The van der Waals surface area contributed by atoms with E-state index >= 15 is 0 Å². The van der Waals surface area contributed by atoms with Gasteiger partial charge in [-0.3, -0.25) is 4.79 Å². The fraction of sp³-hybridized carbons (Fsp3) is 0.294. The number of hydrogen-bond donors (Lipinski definition) is 0. The summed E-state index contributed by atoms with van der Waals surface area (Å²) < 4.78 is 38.0. The van der Waals surface area contributed by atoms with Crippen molar-refractivity contribution in [2.24, 2.45) is 0 Å². The quantitative estimate of drug-likeness (QED) is 0.865. The molecule has 0 saturated carbocycles. The van der Waals surface area contributed by atoms with Gasteiger partial charge in [-0.1, -0.05) is 6.07 Å². The molecular formula is C17H15F2NO4. The topological polar surface area (TPSA) is 59.8 Å². The minimum Gasteiger partial charge on any atom is -0.488 e. The number of benzene rings is 1. The molecule has 0 bridgehead atoms. The van der Waals surface area contributed by atoms with Gasteiger partial charge in [0.2, 0.25) is 0 Å². The number of amides is 1. The third kappa shape index (κ3) is 3.29. The molecule has 24 heavy (non-hydrogen) atoms. The lowest BCUT2D eigenvalue weighted by Crippen LogP contribution is -2.32. The molecule has 1 aromatic heterocycles. The maximum Gasteiger partial charge on any atom is 0.339 e. The number of carbonyl (C=O) groups excluding carboxylic acids is 1. The lowest BCUT2D eigenvalue weighted by atomic mass is 10.1. The van der Waals surface area contributed by atoms with E-state index < -0.39 is 28.7 Å². The molecule has 1 aliphatic rings. The second-order valence-corrected chi connectivity index (χ2v) is 5.60. The number of nitrogens with zero attached hydrogens (tertiary/aromatic N) is 1. The number of carbonyl (C=O) groups is 1. The zero-order chi connectivity index (χ0) is 17.3. The first kappa shape index (κ1) is 16.2. The molecule has 126 valence electrons. The lowest BCUT2D eigenvalue weighted by Gasteiger charge is -2.18. The molecule has 1 unspecified atom stereocenters. The van der Waals surface area contributed by atoms with Gasteiger partial charge >= 0.3 is 5.63 Å². The molecule has 0 radical (unpaired) electrons. The van der Waals surface area contributed by atoms with Crippen molar-refractivity contribution >= 4 is 5.91 Å². The van der Waals surface area contributed by atoms with Gasteiger partial charge in [0.15, 0.2) is 0 Å². The second-order valence-electron chi connectivity index (χ2n) is 5.60. The minimum absolute atomic E-state index is 0.186. The Morgan fingerprint density at radius 3 is 2.67 bits per heavy atom. The monoisotopic (exact) mass is 335 g/mol. The number of ether oxygens (including phenoxy) is 1. The molecule has 1 aromatic carbocycles. The third-order valence-electron chi connectivity index (χ3n) is 3.78. The van der Waals surface area contributed by atoms with Crippen LogP contribution >= 0.6 is 0 Å². The van der Waals surface area contributed by atoms with Crippen molar-refractivity contribution in [2.75, 3.05) is 13.1 Å². The van der Waals surface area contributed by atoms with Gasteiger partial charge in [0.05, 0.1) is 12.6 Å². The van der Waals surface area contributed by atoms with Crippen LogP contribution in [0.3, 0.4) is 0 Å². The first-order valence-electron chi connectivity index (χ1n) is 7.46. The van der Waals surface area contributed by atoms with Crippen LogP contribution in [-0.2, 0) is 0 Å². The predicted octanol–water partition coefficient (Wildman–Crippen LogP) is 2.52. The van der Waals surface area contributed by atoms with E-state index in [0.29, 0.717) is 24.5 Å². The first-order chi connectivity index (χ1) is 11.4. The highest BCUT2D eigenvalue weighted by atomic mass is 19.1. The molecular weight excluding hydrogens is 320 g/mol. The van der Waals surface area contributed by atoms with E-state index in [1.165, 1.54) is 17.0 Å². The maximum atomic E-state index is 13.7. The summed E-state index contributed by atoms with van der Waals surface area (Å²) in [5.41, 5.74) is -1.08. The zero-order valence-electron chi connectivity index (χ0n) is 12.9. The Balaban J connectivity index is 1.71. The summed E-state index contributed by atoms with van der Waals surface area (Å²) in [6.07, 6.45) is 0.145. The molecule has 0 N–H and O–H groups in total. The van der Waals surface area contributed by atoms with Gasteiger partial charge in [0.25, 0.3) is 5.91 Å². The van der Waals surface area contributed by atoms with E-state index in [1.807, 2.05) is 0 Å². The van der Waals surface area contributed by atoms with Gasteiger partial charge in [-0.2, -0.15) is 0 Å². The number of rotatable bonds is 3. The van der Waals surface area contributed by atoms with Crippen molar-refractivity contribution in [3.63, 3.8) is 0 Å². The summed E-state index contributed by atoms with van der Waals surface area (Å²) in [7, 11) is 0. The fourth-order valence-electron chi connectivity index (χ4n) is 2.71. The van der Waals surface area contributed by atoms with Gasteiger partial charge in [-0.25, -0.2) is 13.6 Å². The van der Waals surface area contributed by atoms with E-state index in [-0.39, 0.29) is 12.6 Å². The number of halogens is 2. The van der Waals surface area contributed by atoms with Crippen LogP contribution in [-0.4, -0.2) is 30.0 Å². The molecule has 7 heteroatoms. The fourth-order valence-corrected chi connectivity index (χ4v) is 2.71. The Labute approximate surface area is 136 Å². The summed E-state index contributed by atoms with van der Waals surface area (Å²) in [5.74, 6) is -1.72. The van der Waals surface area contributed by atoms with Crippen LogP contribution in [0.25, 0.3) is 0 Å². The van der Waals surface area contributed by atoms with Crippen LogP contribution in [0.5, 0.6) is 5.75 Å². The van der Waals surface area contributed by atoms with Gasteiger partial charge < -0.3 is 14.1 Å². The van der Waals surface area contributed by atoms with Crippen LogP contribution in [0.15, 0.2) is 39.5 Å². The average Bonchev–Trinajstić information content (AvgIpc) is 2.94. The van der Waals surface area contributed by atoms with Crippen molar-refractivity contribution in [1.82, 2.24) is 4.90 Å². The molecule has 1 aliphatic heterocycles. The Bertz CT molecular complexity index is 813. The molecule has 0 spiro atoms. The molecule has 0 aliphatic carbocycles. The molecule has 1 saturated heterocycles. The predicted molar refractivity (Wildman–Crippen MR) is 81.0 cm³/mol. The van der Waals surface area contributed by atoms with Crippen LogP contribution in [0, 0.1) is 18.6 Å².